The molecule has 5 rings (SSSR count). The molecule has 1 unspecified atom stereocenters. The number of Topliss-reactive ketones (excluding diaryl/α,β-unsaturated/α-hetero) is 1. The van der Waals surface area contributed by atoms with Crippen LogP contribution in [0.1, 0.15) is 29.8 Å². The van der Waals surface area contributed by atoms with E-state index in [1.807, 2.05) is 32.0 Å². The van der Waals surface area contributed by atoms with Crippen LogP contribution in [-0.2, 0) is 9.59 Å². The number of benzene rings is 2. The predicted molar refractivity (Wildman–Crippen MR) is 127 cm³/mol. The van der Waals surface area contributed by atoms with Crippen molar-refractivity contribution in [1.29, 1.82) is 0 Å². The molecular weight excluding hydrogens is 432 g/mol. The number of ether oxygens (including phenoxy) is 1. The lowest BCUT2D eigenvalue weighted by atomic mass is 9.98. The molecule has 0 bridgehead atoms. The van der Waals surface area contributed by atoms with Crippen LogP contribution < -0.4 is 9.64 Å². The number of fused-ring (bicyclic) bond motifs is 1. The van der Waals surface area contributed by atoms with Crippen molar-refractivity contribution in [2.75, 3.05) is 11.5 Å². The monoisotopic (exact) mass is 454 g/mol. The average Bonchev–Trinajstić information content (AvgIpc) is 3.37. The van der Waals surface area contributed by atoms with Gasteiger partial charge < -0.3 is 14.8 Å². The van der Waals surface area contributed by atoms with Gasteiger partial charge in [0.2, 0.25) is 5.95 Å². The molecule has 0 aliphatic carbocycles. The Kier molecular flexibility index (Phi) is 5.33. The second-order valence-electron chi connectivity index (χ2n) is 7.96. The van der Waals surface area contributed by atoms with Crippen molar-refractivity contribution < 1.29 is 19.4 Å². The van der Waals surface area contributed by atoms with Crippen molar-refractivity contribution in [3.8, 4) is 5.75 Å². The Morgan fingerprint density at radius 1 is 1.12 bits per heavy atom. The zero-order valence-electron chi connectivity index (χ0n) is 18.6. The quantitative estimate of drug-likeness (QED) is 0.265. The van der Waals surface area contributed by atoms with E-state index in [0.717, 1.165) is 11.1 Å². The largest absolute Gasteiger partial charge is 0.507 e. The number of ketones is 1. The average molecular weight is 454 g/mol. The van der Waals surface area contributed by atoms with Gasteiger partial charge in [0.25, 0.3) is 5.78 Å². The van der Waals surface area contributed by atoms with Crippen LogP contribution in [0.2, 0.25) is 0 Å². The highest BCUT2D eigenvalue weighted by atomic mass is 16.5. The minimum Gasteiger partial charge on any atom is -0.507 e. The van der Waals surface area contributed by atoms with E-state index in [4.69, 9.17) is 4.74 Å². The topological polar surface area (TPSA) is 108 Å². The van der Waals surface area contributed by atoms with Crippen LogP contribution in [0.3, 0.4) is 0 Å². The number of rotatable bonds is 5. The molecule has 8 nitrogen and oxygen atoms in total. The smallest absolute Gasteiger partial charge is 0.302 e. The van der Waals surface area contributed by atoms with E-state index in [-0.39, 0.29) is 17.3 Å². The summed E-state index contributed by atoms with van der Waals surface area (Å²) >= 11 is 0. The van der Waals surface area contributed by atoms with Crippen molar-refractivity contribution in [1.82, 2.24) is 15.0 Å². The first-order valence-corrected chi connectivity index (χ1v) is 10.9. The van der Waals surface area contributed by atoms with Crippen molar-refractivity contribution in [2.24, 2.45) is 0 Å². The van der Waals surface area contributed by atoms with Gasteiger partial charge in [-0.05, 0) is 67.9 Å². The maximum Gasteiger partial charge on any atom is 0.302 e. The Bertz CT molecular complexity index is 1420. The number of aromatic amines is 1. The van der Waals surface area contributed by atoms with Gasteiger partial charge in [0, 0.05) is 11.8 Å². The van der Waals surface area contributed by atoms with Gasteiger partial charge in [-0.1, -0.05) is 12.1 Å². The molecule has 2 N–H and O–H groups in total. The summed E-state index contributed by atoms with van der Waals surface area (Å²) in [7, 11) is 0. The van der Waals surface area contributed by atoms with Crippen molar-refractivity contribution in [3.63, 3.8) is 0 Å². The molecule has 0 spiro atoms. The number of pyridine rings is 1. The first-order chi connectivity index (χ1) is 16.5. The van der Waals surface area contributed by atoms with Gasteiger partial charge in [0.1, 0.15) is 17.6 Å². The Labute approximate surface area is 195 Å². The summed E-state index contributed by atoms with van der Waals surface area (Å²) < 4.78 is 5.46. The van der Waals surface area contributed by atoms with Crippen LogP contribution in [0.25, 0.3) is 16.8 Å². The van der Waals surface area contributed by atoms with Crippen LogP contribution in [0.4, 0.5) is 5.95 Å². The molecule has 4 aromatic rings. The molecule has 34 heavy (non-hydrogen) atoms. The van der Waals surface area contributed by atoms with Crippen LogP contribution in [-0.4, -0.2) is 38.4 Å². The fraction of sp³-hybridized carbons (Fsp3) is 0.154. The molecule has 8 heteroatoms. The Morgan fingerprint density at radius 3 is 2.62 bits per heavy atom. The van der Waals surface area contributed by atoms with E-state index in [9.17, 15) is 14.7 Å². The van der Waals surface area contributed by atoms with E-state index < -0.39 is 17.7 Å². The molecule has 1 saturated heterocycles. The number of nitrogens with one attached hydrogen (secondary N) is 1. The predicted octanol–water partition coefficient (Wildman–Crippen LogP) is 4.29. The zero-order chi connectivity index (χ0) is 23.8. The Hall–Kier alpha value is -4.46. The molecule has 1 amide bonds. The number of amides is 1. The minimum atomic E-state index is -0.950. The molecule has 2 aromatic carbocycles. The number of carbonyl (C=O) groups is 2. The number of carbonyl (C=O) groups excluding carboxylic acids is 2. The Balaban J connectivity index is 1.67. The number of aromatic nitrogens is 3. The molecule has 0 saturated carbocycles. The highest BCUT2D eigenvalue weighted by Gasteiger charge is 2.48. The summed E-state index contributed by atoms with van der Waals surface area (Å²) in [6, 6.07) is 16.6. The molecule has 3 heterocycles. The number of hydrogen-bond donors (Lipinski definition) is 2. The van der Waals surface area contributed by atoms with Gasteiger partial charge in [-0.15, -0.1) is 0 Å². The molecule has 1 atom stereocenters. The van der Waals surface area contributed by atoms with E-state index in [2.05, 4.69) is 15.0 Å². The number of aryl methyl sites for hydroxylation is 1. The molecule has 0 radical (unpaired) electrons. The van der Waals surface area contributed by atoms with E-state index in [1.54, 1.807) is 48.7 Å². The molecule has 1 aliphatic rings. The summed E-state index contributed by atoms with van der Waals surface area (Å²) in [6.45, 7) is 4.34. The van der Waals surface area contributed by atoms with Crippen molar-refractivity contribution in [2.45, 2.75) is 19.9 Å². The van der Waals surface area contributed by atoms with Crippen molar-refractivity contribution >= 4 is 34.4 Å². The van der Waals surface area contributed by atoms with Gasteiger partial charge in [0.15, 0.2) is 0 Å². The van der Waals surface area contributed by atoms with Gasteiger partial charge in [0.05, 0.1) is 28.9 Å². The zero-order valence-corrected chi connectivity index (χ0v) is 18.6. The molecule has 1 aliphatic heterocycles. The van der Waals surface area contributed by atoms with Gasteiger partial charge in [-0.25, -0.2) is 4.98 Å². The third kappa shape index (κ3) is 3.59. The normalized spacial score (nSPS) is 17.5. The van der Waals surface area contributed by atoms with E-state index >= 15 is 0 Å². The van der Waals surface area contributed by atoms with Gasteiger partial charge >= 0.3 is 5.91 Å². The van der Waals surface area contributed by atoms with Gasteiger partial charge in [-0.3, -0.25) is 19.5 Å². The second-order valence-corrected chi connectivity index (χ2v) is 7.96. The molecule has 170 valence electrons. The summed E-state index contributed by atoms with van der Waals surface area (Å²) in [4.78, 5) is 39.8. The summed E-state index contributed by atoms with van der Waals surface area (Å²) in [5.41, 5.74) is 3.21. The maximum atomic E-state index is 13.2. The van der Waals surface area contributed by atoms with Crippen LogP contribution in [0.5, 0.6) is 5.75 Å². The lowest BCUT2D eigenvalue weighted by Gasteiger charge is -2.22. The molecular formula is C26H22N4O4. The molecule has 2 aromatic heterocycles. The number of hydrogen-bond acceptors (Lipinski definition) is 6. The van der Waals surface area contributed by atoms with E-state index in [1.165, 1.54) is 4.90 Å². The third-order valence-corrected chi connectivity index (χ3v) is 5.70. The van der Waals surface area contributed by atoms with Gasteiger partial charge in [-0.2, -0.15) is 0 Å². The first kappa shape index (κ1) is 21.4. The summed E-state index contributed by atoms with van der Waals surface area (Å²) in [6.07, 6.45) is 1.58. The SMILES string of the molecule is CCOc1ccc(/C(O)=C2\C(=O)C(=O)N(c3nc4ccc(C)cc4[nH]3)C2c2ccccn2)cc1. The highest BCUT2D eigenvalue weighted by Crippen LogP contribution is 2.41. The lowest BCUT2D eigenvalue weighted by molar-refractivity contribution is -0.132. The Morgan fingerprint density at radius 2 is 1.91 bits per heavy atom. The number of H-pyrrole nitrogens is 1. The van der Waals surface area contributed by atoms with Crippen LogP contribution >= 0.6 is 0 Å². The summed E-state index contributed by atoms with van der Waals surface area (Å²) in [5, 5.41) is 11.2. The minimum absolute atomic E-state index is 0.0514. The number of nitrogens with zero attached hydrogens (tertiary/aromatic N) is 3. The summed E-state index contributed by atoms with van der Waals surface area (Å²) in [5.74, 6) is -1.04. The second kappa shape index (κ2) is 8.47. The fourth-order valence-electron chi connectivity index (χ4n) is 4.12. The first-order valence-electron chi connectivity index (χ1n) is 10.9. The highest BCUT2D eigenvalue weighted by molar-refractivity contribution is 6.51. The number of anilines is 1. The third-order valence-electron chi connectivity index (χ3n) is 5.70. The van der Waals surface area contributed by atoms with E-state index in [0.29, 0.717) is 29.1 Å². The van der Waals surface area contributed by atoms with Crippen LogP contribution in [0.15, 0.2) is 72.4 Å². The number of imidazole rings is 1. The standard InChI is InChI=1S/C26H22N4O4/c1-3-34-17-10-8-16(9-11-17)23(31)21-22(19-6-4-5-13-27-19)30(25(33)24(21)32)26-28-18-12-7-15(2)14-20(18)29-26/h4-14,22,31H,3H2,1-2H3,(H,28,29)/b23-21+. The molecule has 1 fully saturated rings. The maximum absolute atomic E-state index is 13.2. The number of aliphatic hydroxyl groups is 1. The lowest BCUT2D eigenvalue weighted by Crippen LogP contribution is -2.30. The van der Waals surface area contributed by atoms with Crippen LogP contribution in [0, 0.1) is 6.92 Å². The fourth-order valence-corrected chi connectivity index (χ4v) is 4.12. The number of aliphatic hydroxyl groups excluding tert-OH is 1. The van der Waals surface area contributed by atoms with Crippen molar-refractivity contribution in [3.05, 3.63) is 89.3 Å².